The molecule has 2 aliphatic rings. The molecule has 3 heterocycles. The summed E-state index contributed by atoms with van der Waals surface area (Å²) in [6, 6.07) is 6.13. The highest BCUT2D eigenvalue weighted by Crippen LogP contribution is 2.45. The predicted molar refractivity (Wildman–Crippen MR) is 131 cm³/mol. The highest BCUT2D eigenvalue weighted by molar-refractivity contribution is 6.07. The van der Waals surface area contributed by atoms with Crippen LogP contribution in [0.2, 0.25) is 0 Å². The third-order valence-corrected chi connectivity index (χ3v) is 7.28. The average molecular weight is 514 g/mol. The summed E-state index contributed by atoms with van der Waals surface area (Å²) < 4.78 is 62.3. The van der Waals surface area contributed by atoms with Gasteiger partial charge in [0.05, 0.1) is 29.2 Å². The van der Waals surface area contributed by atoms with Crippen molar-refractivity contribution >= 4 is 11.6 Å². The van der Waals surface area contributed by atoms with Crippen LogP contribution in [0, 0.1) is 11.6 Å². The maximum Gasteiger partial charge on any atom is 0.257 e. The minimum Gasteiger partial charge on any atom is -0.492 e. The summed E-state index contributed by atoms with van der Waals surface area (Å²) in [6.45, 7) is 4.60. The number of aromatic nitrogens is 2. The highest BCUT2D eigenvalue weighted by Gasteiger charge is 2.37. The molecule has 1 aliphatic carbocycles. The molecule has 0 radical (unpaired) electrons. The molecule has 3 aromatic rings. The fourth-order valence-electron chi connectivity index (χ4n) is 5.07. The van der Waals surface area contributed by atoms with Gasteiger partial charge in [0.25, 0.3) is 5.91 Å². The van der Waals surface area contributed by atoms with E-state index in [1.807, 2.05) is 0 Å². The average Bonchev–Trinajstić information content (AvgIpc) is 2.85. The maximum absolute atomic E-state index is 14.8. The number of carbonyl (C=O) groups is 1. The van der Waals surface area contributed by atoms with E-state index >= 15 is 0 Å². The molecule has 5 nitrogen and oxygen atoms in total. The van der Waals surface area contributed by atoms with Gasteiger partial charge in [0.15, 0.2) is 0 Å². The molecule has 9 heteroatoms. The van der Waals surface area contributed by atoms with Crippen LogP contribution in [0.4, 0.5) is 23.2 Å². The number of benzene rings is 1. The van der Waals surface area contributed by atoms with Crippen LogP contribution in [0.3, 0.4) is 0 Å². The fraction of sp³-hybridized carbons (Fsp3) is 0.393. The van der Waals surface area contributed by atoms with Crippen LogP contribution in [0.1, 0.15) is 73.6 Å². The molecule has 2 aromatic heterocycles. The summed E-state index contributed by atoms with van der Waals surface area (Å²) in [5.41, 5.74) is 1.46. The van der Waals surface area contributed by atoms with Crippen molar-refractivity contribution in [2.24, 2.45) is 0 Å². The number of carbonyl (C=O) groups excluding carboxylic acids is 1. The van der Waals surface area contributed by atoms with Gasteiger partial charge in [0.2, 0.25) is 5.92 Å². The van der Waals surface area contributed by atoms with E-state index in [1.165, 1.54) is 18.5 Å². The number of rotatable bonds is 4. The first-order valence-electron chi connectivity index (χ1n) is 12.3. The largest absolute Gasteiger partial charge is 0.492 e. The lowest BCUT2D eigenvalue weighted by Crippen LogP contribution is -2.28. The van der Waals surface area contributed by atoms with Crippen molar-refractivity contribution in [1.29, 1.82) is 0 Å². The van der Waals surface area contributed by atoms with Crippen molar-refractivity contribution < 1.29 is 27.1 Å². The van der Waals surface area contributed by atoms with Gasteiger partial charge in [-0.2, -0.15) is 0 Å². The first-order valence-corrected chi connectivity index (χ1v) is 12.3. The quantitative estimate of drug-likeness (QED) is 0.381. The summed E-state index contributed by atoms with van der Waals surface area (Å²) in [5.74, 6) is -4.50. The molecule has 1 aromatic carbocycles. The number of pyridine rings is 2. The molecule has 1 N–H and O–H groups in total. The van der Waals surface area contributed by atoms with Gasteiger partial charge >= 0.3 is 0 Å². The Morgan fingerprint density at radius 1 is 1.03 bits per heavy atom. The second-order valence-corrected chi connectivity index (χ2v) is 10.4. The number of fused-ring (bicyclic) bond motifs is 1. The standard InChI is InChI=1S/C28H27F4N3O2/c1-27(2)10-12-37-22-13-17(15-34-25(22)27)26(36)35-24-19(20-14-18(29)3-4-21(20)30)7-11-33-23(24)16-5-8-28(31,32)9-6-16/h3-4,7,11,13-16H,5-6,8-10,12H2,1-2H3,(H,35,36). The van der Waals surface area contributed by atoms with Gasteiger partial charge in [0, 0.05) is 47.7 Å². The fourth-order valence-corrected chi connectivity index (χ4v) is 5.07. The lowest BCUT2D eigenvalue weighted by Gasteiger charge is -2.31. The Labute approximate surface area is 212 Å². The lowest BCUT2D eigenvalue weighted by molar-refractivity contribution is -0.0384. The molecule has 0 unspecified atom stereocenters. The summed E-state index contributed by atoms with van der Waals surface area (Å²) in [4.78, 5) is 22.3. The third kappa shape index (κ3) is 5.04. The summed E-state index contributed by atoms with van der Waals surface area (Å²) in [5, 5.41) is 2.81. The summed E-state index contributed by atoms with van der Waals surface area (Å²) >= 11 is 0. The van der Waals surface area contributed by atoms with E-state index < -0.39 is 23.5 Å². The molecule has 0 bridgehead atoms. The number of nitrogens with zero attached hydrogens (tertiary/aromatic N) is 2. The van der Waals surface area contributed by atoms with E-state index in [2.05, 4.69) is 29.1 Å². The zero-order valence-electron chi connectivity index (χ0n) is 20.6. The number of ether oxygens (including phenoxy) is 1. The number of hydrogen-bond donors (Lipinski definition) is 1. The molecule has 194 valence electrons. The van der Waals surface area contributed by atoms with Crippen molar-refractivity contribution in [2.75, 3.05) is 11.9 Å². The van der Waals surface area contributed by atoms with Gasteiger partial charge in [-0.3, -0.25) is 14.8 Å². The smallest absolute Gasteiger partial charge is 0.257 e. The van der Waals surface area contributed by atoms with Gasteiger partial charge in [-0.15, -0.1) is 0 Å². The predicted octanol–water partition coefficient (Wildman–Crippen LogP) is 7.03. The molecule has 0 saturated heterocycles. The van der Waals surface area contributed by atoms with Crippen LogP contribution in [-0.4, -0.2) is 28.4 Å². The Morgan fingerprint density at radius 3 is 2.54 bits per heavy atom. The van der Waals surface area contributed by atoms with Crippen molar-refractivity contribution in [3.63, 3.8) is 0 Å². The number of anilines is 1. The van der Waals surface area contributed by atoms with Gasteiger partial charge in [-0.05, 0) is 49.6 Å². The second-order valence-electron chi connectivity index (χ2n) is 10.4. The van der Waals surface area contributed by atoms with E-state index in [1.54, 1.807) is 6.07 Å². The Hall–Kier alpha value is -3.49. The summed E-state index contributed by atoms with van der Waals surface area (Å²) in [6.07, 6.45) is 3.35. The van der Waals surface area contributed by atoms with Crippen LogP contribution < -0.4 is 10.1 Å². The van der Waals surface area contributed by atoms with Crippen molar-refractivity contribution in [3.05, 3.63) is 71.3 Å². The van der Waals surface area contributed by atoms with Crippen molar-refractivity contribution in [1.82, 2.24) is 9.97 Å². The van der Waals surface area contributed by atoms with Crippen molar-refractivity contribution in [2.45, 2.75) is 63.2 Å². The van der Waals surface area contributed by atoms with Crippen molar-refractivity contribution in [3.8, 4) is 16.9 Å². The Balaban J connectivity index is 1.55. The molecule has 5 rings (SSSR count). The number of amides is 1. The van der Waals surface area contributed by atoms with Crippen LogP contribution in [-0.2, 0) is 5.41 Å². The molecule has 37 heavy (non-hydrogen) atoms. The molecule has 1 fully saturated rings. The van der Waals surface area contributed by atoms with E-state index in [-0.39, 0.29) is 59.4 Å². The first-order chi connectivity index (χ1) is 17.5. The number of hydrogen-bond acceptors (Lipinski definition) is 4. The monoisotopic (exact) mass is 513 g/mol. The second kappa shape index (κ2) is 9.43. The van der Waals surface area contributed by atoms with Crippen LogP contribution in [0.25, 0.3) is 11.1 Å². The number of nitrogens with one attached hydrogen (secondary N) is 1. The Morgan fingerprint density at radius 2 is 1.78 bits per heavy atom. The number of halogens is 4. The zero-order valence-corrected chi connectivity index (χ0v) is 20.6. The van der Waals surface area contributed by atoms with E-state index in [9.17, 15) is 22.4 Å². The summed E-state index contributed by atoms with van der Waals surface area (Å²) in [7, 11) is 0. The number of alkyl halides is 2. The Kier molecular flexibility index (Phi) is 6.41. The van der Waals surface area contributed by atoms with Crippen LogP contribution in [0.5, 0.6) is 5.75 Å². The molecular formula is C28H27F4N3O2. The van der Waals surface area contributed by atoms with E-state index in [4.69, 9.17) is 4.74 Å². The minimum atomic E-state index is -2.76. The maximum atomic E-state index is 14.8. The first kappa shape index (κ1) is 25.2. The normalized spacial score (nSPS) is 18.5. The van der Waals surface area contributed by atoms with Gasteiger partial charge in [-0.25, -0.2) is 17.6 Å². The molecule has 1 saturated carbocycles. The van der Waals surface area contributed by atoms with Gasteiger partial charge < -0.3 is 10.1 Å². The van der Waals surface area contributed by atoms with Gasteiger partial charge in [-0.1, -0.05) is 13.8 Å². The van der Waals surface area contributed by atoms with Crippen LogP contribution in [0.15, 0.2) is 42.7 Å². The molecular weight excluding hydrogens is 486 g/mol. The minimum absolute atomic E-state index is 0.0614. The molecule has 1 amide bonds. The lowest BCUT2D eigenvalue weighted by atomic mass is 9.83. The highest BCUT2D eigenvalue weighted by atomic mass is 19.3. The topological polar surface area (TPSA) is 64.1 Å². The van der Waals surface area contributed by atoms with Gasteiger partial charge in [0.1, 0.15) is 17.4 Å². The molecule has 0 atom stereocenters. The Bertz CT molecular complexity index is 1350. The van der Waals surface area contributed by atoms with E-state index in [0.717, 1.165) is 30.3 Å². The van der Waals surface area contributed by atoms with E-state index in [0.29, 0.717) is 18.1 Å². The molecule has 1 aliphatic heterocycles. The zero-order chi connectivity index (χ0) is 26.4. The SMILES string of the molecule is CC1(C)CCOc2cc(C(=O)Nc3c(-c4cc(F)ccc4F)ccnc3C3CCC(F)(F)CC3)cnc21. The third-order valence-electron chi connectivity index (χ3n) is 7.28. The van der Waals surface area contributed by atoms with Crippen LogP contribution >= 0.6 is 0 Å². The molecule has 0 spiro atoms.